The highest BCUT2D eigenvalue weighted by atomic mass is 19.4. The third-order valence-corrected chi connectivity index (χ3v) is 3.61. The van der Waals surface area contributed by atoms with Crippen molar-refractivity contribution >= 4 is 5.91 Å². The van der Waals surface area contributed by atoms with Crippen molar-refractivity contribution in [2.24, 2.45) is 0 Å². The molecule has 1 aliphatic heterocycles. The maximum Gasteiger partial charge on any atom is 0.573 e. The Balaban J connectivity index is 1.85. The first-order chi connectivity index (χ1) is 10.3. The van der Waals surface area contributed by atoms with Gasteiger partial charge in [0.05, 0.1) is 0 Å². The Hall–Kier alpha value is -1.76. The molecule has 0 unspecified atom stereocenters. The number of carbonyl (C=O) groups excluding carboxylic acids is 1. The molecule has 1 aliphatic rings. The molecule has 22 heavy (non-hydrogen) atoms. The average Bonchev–Trinajstić information content (AvgIpc) is 2.45. The van der Waals surface area contributed by atoms with Gasteiger partial charge in [-0.3, -0.25) is 4.79 Å². The van der Waals surface area contributed by atoms with Gasteiger partial charge in [0, 0.05) is 32.1 Å². The molecule has 122 valence electrons. The monoisotopic (exact) mass is 316 g/mol. The molecule has 1 aromatic carbocycles. The topological polar surface area (TPSA) is 41.6 Å². The van der Waals surface area contributed by atoms with E-state index in [0.29, 0.717) is 19.4 Å². The number of ether oxygens (including phenoxy) is 1. The van der Waals surface area contributed by atoms with E-state index in [9.17, 15) is 18.0 Å². The molecule has 1 atom stereocenters. The van der Waals surface area contributed by atoms with E-state index in [2.05, 4.69) is 10.1 Å². The van der Waals surface area contributed by atoms with Crippen molar-refractivity contribution in [1.82, 2.24) is 10.2 Å². The maximum atomic E-state index is 12.2. The predicted octanol–water partition coefficient (Wildman–Crippen LogP) is 2.34. The molecule has 0 bridgehead atoms. The predicted molar refractivity (Wildman–Crippen MR) is 75.5 cm³/mol. The normalized spacial score (nSPS) is 19.1. The number of nitrogens with one attached hydrogen (secondary N) is 1. The summed E-state index contributed by atoms with van der Waals surface area (Å²) in [6.45, 7) is 4.26. The SMILES string of the molecule is C[C@@H]1CNCCN1C(=O)CCc1ccc(OC(F)(F)F)cc1. The van der Waals surface area contributed by atoms with Gasteiger partial charge in [0.1, 0.15) is 5.75 Å². The highest BCUT2D eigenvalue weighted by Gasteiger charge is 2.31. The zero-order valence-corrected chi connectivity index (χ0v) is 12.3. The molecule has 1 fully saturated rings. The smallest absolute Gasteiger partial charge is 0.406 e. The second kappa shape index (κ2) is 7.00. The Bertz CT molecular complexity index is 503. The zero-order valence-electron chi connectivity index (χ0n) is 12.3. The minimum atomic E-state index is -4.68. The number of nitrogens with zero attached hydrogens (tertiary/aromatic N) is 1. The zero-order chi connectivity index (χ0) is 16.2. The van der Waals surface area contributed by atoms with Gasteiger partial charge in [0.25, 0.3) is 0 Å². The van der Waals surface area contributed by atoms with Crippen molar-refractivity contribution in [2.75, 3.05) is 19.6 Å². The van der Waals surface area contributed by atoms with Crippen LogP contribution in [0.4, 0.5) is 13.2 Å². The van der Waals surface area contributed by atoms with Gasteiger partial charge in [-0.05, 0) is 31.0 Å². The van der Waals surface area contributed by atoms with E-state index in [0.717, 1.165) is 18.7 Å². The van der Waals surface area contributed by atoms with Crippen molar-refractivity contribution in [3.8, 4) is 5.75 Å². The number of aryl methyl sites for hydroxylation is 1. The first-order valence-corrected chi connectivity index (χ1v) is 7.20. The quantitative estimate of drug-likeness (QED) is 0.927. The second-order valence-electron chi connectivity index (χ2n) is 5.33. The molecule has 1 heterocycles. The molecule has 1 amide bonds. The van der Waals surface area contributed by atoms with Gasteiger partial charge < -0.3 is 15.0 Å². The van der Waals surface area contributed by atoms with E-state index < -0.39 is 6.36 Å². The average molecular weight is 316 g/mol. The summed E-state index contributed by atoms with van der Waals surface area (Å²) in [7, 11) is 0. The number of alkyl halides is 3. The molecule has 0 spiro atoms. The number of hydrogen-bond acceptors (Lipinski definition) is 3. The van der Waals surface area contributed by atoms with Crippen LogP contribution in [0.3, 0.4) is 0 Å². The molecule has 2 rings (SSSR count). The van der Waals surface area contributed by atoms with Crippen molar-refractivity contribution in [2.45, 2.75) is 32.2 Å². The highest BCUT2D eigenvalue weighted by Crippen LogP contribution is 2.23. The summed E-state index contributed by atoms with van der Waals surface area (Å²) in [5.74, 6) is -0.178. The third kappa shape index (κ3) is 4.91. The molecule has 0 radical (unpaired) electrons. The van der Waals surface area contributed by atoms with Crippen LogP contribution in [0.2, 0.25) is 0 Å². The molecule has 0 aliphatic carbocycles. The lowest BCUT2D eigenvalue weighted by Gasteiger charge is -2.34. The Morgan fingerprint density at radius 1 is 1.36 bits per heavy atom. The second-order valence-corrected chi connectivity index (χ2v) is 5.33. The van der Waals surface area contributed by atoms with Crippen LogP contribution in [0.1, 0.15) is 18.9 Å². The Morgan fingerprint density at radius 2 is 2.05 bits per heavy atom. The lowest BCUT2D eigenvalue weighted by atomic mass is 10.1. The fourth-order valence-electron chi connectivity index (χ4n) is 2.46. The van der Waals surface area contributed by atoms with Crippen molar-refractivity contribution in [3.05, 3.63) is 29.8 Å². The first-order valence-electron chi connectivity index (χ1n) is 7.20. The van der Waals surface area contributed by atoms with Crippen LogP contribution in [0.5, 0.6) is 5.75 Å². The molecule has 1 N–H and O–H groups in total. The van der Waals surface area contributed by atoms with Crippen molar-refractivity contribution < 1.29 is 22.7 Å². The minimum absolute atomic E-state index is 0.0737. The van der Waals surface area contributed by atoms with Crippen LogP contribution < -0.4 is 10.1 Å². The molecule has 4 nitrogen and oxygen atoms in total. The van der Waals surface area contributed by atoms with Crippen LogP contribution in [0.25, 0.3) is 0 Å². The number of carbonyl (C=O) groups is 1. The van der Waals surface area contributed by atoms with Crippen LogP contribution in [-0.2, 0) is 11.2 Å². The molecule has 1 aromatic rings. The number of piperazine rings is 1. The van der Waals surface area contributed by atoms with E-state index in [1.807, 2.05) is 11.8 Å². The summed E-state index contributed by atoms with van der Waals surface area (Å²) < 4.78 is 40.0. The molecule has 1 saturated heterocycles. The highest BCUT2D eigenvalue weighted by molar-refractivity contribution is 5.77. The third-order valence-electron chi connectivity index (χ3n) is 3.61. The standard InChI is InChI=1S/C15H19F3N2O2/c1-11-10-19-8-9-20(11)14(21)7-4-12-2-5-13(6-3-12)22-15(16,17)18/h2-3,5-6,11,19H,4,7-10H2,1H3/t11-/m1/s1. The number of amides is 1. The molecular weight excluding hydrogens is 297 g/mol. The van der Waals surface area contributed by atoms with Crippen molar-refractivity contribution in [3.63, 3.8) is 0 Å². The first kappa shape index (κ1) is 16.6. The summed E-state index contributed by atoms with van der Waals surface area (Å²) in [6.07, 6.45) is -3.83. The Kier molecular flexibility index (Phi) is 5.28. The van der Waals surface area contributed by atoms with Crippen LogP contribution in [-0.4, -0.2) is 42.8 Å². The van der Waals surface area contributed by atoms with E-state index in [1.165, 1.54) is 12.1 Å². The number of benzene rings is 1. The van der Waals surface area contributed by atoms with Gasteiger partial charge >= 0.3 is 6.36 Å². The van der Waals surface area contributed by atoms with E-state index in [-0.39, 0.29) is 17.7 Å². The van der Waals surface area contributed by atoms with Crippen LogP contribution in [0, 0.1) is 0 Å². The van der Waals surface area contributed by atoms with Gasteiger partial charge in [-0.1, -0.05) is 12.1 Å². The van der Waals surface area contributed by atoms with E-state index in [4.69, 9.17) is 0 Å². The molecule has 7 heteroatoms. The largest absolute Gasteiger partial charge is 0.573 e. The van der Waals surface area contributed by atoms with Gasteiger partial charge in [0.2, 0.25) is 5.91 Å². The molecule has 0 saturated carbocycles. The maximum absolute atomic E-state index is 12.2. The number of halogens is 3. The Morgan fingerprint density at radius 3 is 2.64 bits per heavy atom. The molecule has 0 aromatic heterocycles. The van der Waals surface area contributed by atoms with Gasteiger partial charge in [-0.2, -0.15) is 0 Å². The van der Waals surface area contributed by atoms with E-state index in [1.54, 1.807) is 12.1 Å². The summed E-state index contributed by atoms with van der Waals surface area (Å²) in [6, 6.07) is 5.80. The van der Waals surface area contributed by atoms with Crippen molar-refractivity contribution in [1.29, 1.82) is 0 Å². The number of hydrogen-bond donors (Lipinski definition) is 1. The fourth-order valence-corrected chi connectivity index (χ4v) is 2.46. The lowest BCUT2D eigenvalue weighted by molar-refractivity contribution is -0.274. The summed E-state index contributed by atoms with van der Waals surface area (Å²) in [4.78, 5) is 14.0. The van der Waals surface area contributed by atoms with Gasteiger partial charge in [0.15, 0.2) is 0 Å². The van der Waals surface area contributed by atoms with Crippen LogP contribution in [0.15, 0.2) is 24.3 Å². The summed E-state index contributed by atoms with van der Waals surface area (Å²) in [5.41, 5.74) is 0.811. The van der Waals surface area contributed by atoms with Gasteiger partial charge in [-0.15, -0.1) is 13.2 Å². The summed E-state index contributed by atoms with van der Waals surface area (Å²) >= 11 is 0. The Labute approximate surface area is 127 Å². The minimum Gasteiger partial charge on any atom is -0.406 e. The summed E-state index contributed by atoms with van der Waals surface area (Å²) in [5, 5.41) is 3.22. The van der Waals surface area contributed by atoms with Crippen LogP contribution >= 0.6 is 0 Å². The fraction of sp³-hybridized carbons (Fsp3) is 0.533. The lowest BCUT2D eigenvalue weighted by Crippen LogP contribution is -2.52. The molecular formula is C15H19F3N2O2. The van der Waals surface area contributed by atoms with Gasteiger partial charge in [-0.25, -0.2) is 0 Å². The van der Waals surface area contributed by atoms with E-state index >= 15 is 0 Å². The number of rotatable bonds is 4.